The topological polar surface area (TPSA) is 37.8 Å². The average molecular weight is 355 g/mol. The molecule has 0 saturated heterocycles. The van der Waals surface area contributed by atoms with Gasteiger partial charge in [-0.15, -0.1) is 0 Å². The predicted molar refractivity (Wildman–Crippen MR) is 88.4 cm³/mol. The van der Waals surface area contributed by atoms with Crippen molar-refractivity contribution < 1.29 is 0 Å². The van der Waals surface area contributed by atoms with Crippen molar-refractivity contribution in [3.05, 3.63) is 39.5 Å². The van der Waals surface area contributed by atoms with Crippen LogP contribution in [0, 0.1) is 0 Å². The Labute approximate surface area is 132 Å². The van der Waals surface area contributed by atoms with Gasteiger partial charge in [0.25, 0.3) is 0 Å². The third-order valence-electron chi connectivity index (χ3n) is 2.91. The largest absolute Gasteiger partial charge is 0.372 e. The molecule has 3 nitrogen and oxygen atoms in total. The summed E-state index contributed by atoms with van der Waals surface area (Å²) in [7, 11) is 1.84. The van der Waals surface area contributed by atoms with Crippen molar-refractivity contribution in [1.82, 2.24) is 9.97 Å². The Hall–Kier alpha value is -1.13. The Morgan fingerprint density at radius 3 is 2.35 bits per heavy atom. The van der Waals surface area contributed by atoms with Crippen LogP contribution in [-0.4, -0.2) is 17.0 Å². The van der Waals surface area contributed by atoms with Gasteiger partial charge in [0.05, 0.1) is 15.2 Å². The lowest BCUT2D eigenvalue weighted by atomic mass is 9.91. The van der Waals surface area contributed by atoms with Crippen molar-refractivity contribution in [1.29, 1.82) is 0 Å². The van der Waals surface area contributed by atoms with Gasteiger partial charge in [-0.05, 0) is 28.1 Å². The van der Waals surface area contributed by atoms with Crippen LogP contribution in [0.3, 0.4) is 0 Å². The first-order valence-corrected chi connectivity index (χ1v) is 7.52. The molecule has 0 unspecified atom stereocenters. The second-order valence-corrected chi connectivity index (χ2v) is 6.74. The van der Waals surface area contributed by atoms with E-state index in [1.54, 1.807) is 0 Å². The van der Waals surface area contributed by atoms with Crippen LogP contribution >= 0.6 is 27.5 Å². The number of hydrogen-bond acceptors (Lipinski definition) is 3. The molecule has 0 aliphatic rings. The zero-order valence-electron chi connectivity index (χ0n) is 12.0. The van der Waals surface area contributed by atoms with Gasteiger partial charge in [0.15, 0.2) is 5.82 Å². The van der Waals surface area contributed by atoms with E-state index in [9.17, 15) is 0 Å². The highest BCUT2D eigenvalue weighted by Gasteiger charge is 2.23. The molecule has 0 fully saturated rings. The summed E-state index contributed by atoms with van der Waals surface area (Å²) in [6.45, 7) is 6.36. The molecule has 1 aromatic carbocycles. The molecule has 0 saturated carbocycles. The Balaban J connectivity index is 2.70. The molecule has 5 heteroatoms. The molecule has 0 amide bonds. The number of nitrogens with zero attached hydrogens (tertiary/aromatic N) is 2. The molecular weight excluding hydrogens is 338 g/mol. The third-order valence-corrected chi connectivity index (χ3v) is 3.99. The quantitative estimate of drug-likeness (QED) is 0.833. The minimum atomic E-state index is -0.0939. The Morgan fingerprint density at radius 1 is 1.15 bits per heavy atom. The highest BCUT2D eigenvalue weighted by Crippen LogP contribution is 2.35. The number of hydrogen-bond donors (Lipinski definition) is 1. The van der Waals surface area contributed by atoms with Crippen LogP contribution < -0.4 is 5.32 Å². The van der Waals surface area contributed by atoms with Crippen LogP contribution in [-0.2, 0) is 5.41 Å². The first kappa shape index (κ1) is 15.3. The monoisotopic (exact) mass is 353 g/mol. The molecule has 0 atom stereocenters. The molecule has 1 heterocycles. The van der Waals surface area contributed by atoms with E-state index in [4.69, 9.17) is 16.6 Å². The fourth-order valence-corrected chi connectivity index (χ4v) is 3.06. The molecule has 1 N–H and O–H groups in total. The summed E-state index contributed by atoms with van der Waals surface area (Å²) >= 11 is 9.83. The Bertz CT molecular complexity index is 636. The molecule has 2 rings (SSSR count). The maximum absolute atomic E-state index is 6.25. The number of anilines is 1. The van der Waals surface area contributed by atoms with Crippen molar-refractivity contribution in [2.75, 3.05) is 12.4 Å². The van der Waals surface area contributed by atoms with Crippen LogP contribution in [0.4, 0.5) is 5.82 Å². The molecule has 20 heavy (non-hydrogen) atoms. The Morgan fingerprint density at radius 2 is 1.80 bits per heavy atom. The van der Waals surface area contributed by atoms with E-state index in [0.29, 0.717) is 10.8 Å². The SMILES string of the molecule is CNc1nc(-c2ccccc2Cl)nc(C(C)(C)C)c1Br. The summed E-state index contributed by atoms with van der Waals surface area (Å²) in [6, 6.07) is 7.60. The number of aromatic nitrogens is 2. The maximum atomic E-state index is 6.25. The van der Waals surface area contributed by atoms with Crippen LogP contribution in [0.15, 0.2) is 28.7 Å². The highest BCUT2D eigenvalue weighted by atomic mass is 79.9. The number of benzene rings is 1. The van der Waals surface area contributed by atoms with Crippen molar-refractivity contribution in [3.8, 4) is 11.4 Å². The van der Waals surface area contributed by atoms with Crippen LogP contribution in [0.2, 0.25) is 5.02 Å². The lowest BCUT2D eigenvalue weighted by Crippen LogP contribution is -2.17. The Kier molecular flexibility index (Phi) is 4.35. The smallest absolute Gasteiger partial charge is 0.163 e. The first-order chi connectivity index (χ1) is 9.34. The van der Waals surface area contributed by atoms with Gasteiger partial charge in [-0.25, -0.2) is 9.97 Å². The molecule has 0 spiro atoms. The summed E-state index contributed by atoms with van der Waals surface area (Å²) < 4.78 is 0.892. The van der Waals surface area contributed by atoms with E-state index in [-0.39, 0.29) is 5.41 Å². The van der Waals surface area contributed by atoms with E-state index in [1.165, 1.54) is 0 Å². The molecule has 0 aliphatic heterocycles. The summed E-state index contributed by atoms with van der Waals surface area (Å²) in [4.78, 5) is 9.24. The number of nitrogens with one attached hydrogen (secondary N) is 1. The zero-order valence-corrected chi connectivity index (χ0v) is 14.3. The molecule has 0 radical (unpaired) electrons. The minimum absolute atomic E-state index is 0.0939. The highest BCUT2D eigenvalue weighted by molar-refractivity contribution is 9.10. The molecule has 2 aromatic rings. The van der Waals surface area contributed by atoms with E-state index < -0.39 is 0 Å². The minimum Gasteiger partial charge on any atom is -0.372 e. The molecular formula is C15H17BrClN3. The summed E-state index contributed by atoms with van der Waals surface area (Å²) in [5.41, 5.74) is 1.69. The van der Waals surface area contributed by atoms with Crippen molar-refractivity contribution in [2.45, 2.75) is 26.2 Å². The fraction of sp³-hybridized carbons (Fsp3) is 0.333. The summed E-state index contributed by atoms with van der Waals surface area (Å²) in [5.74, 6) is 1.40. The van der Waals surface area contributed by atoms with Gasteiger partial charge in [-0.3, -0.25) is 0 Å². The zero-order chi connectivity index (χ0) is 14.9. The van der Waals surface area contributed by atoms with Gasteiger partial charge in [0.1, 0.15) is 5.82 Å². The van der Waals surface area contributed by atoms with Gasteiger partial charge in [-0.2, -0.15) is 0 Å². The van der Waals surface area contributed by atoms with Crippen molar-refractivity contribution in [2.24, 2.45) is 0 Å². The van der Waals surface area contributed by atoms with Crippen LogP contribution in [0.1, 0.15) is 26.5 Å². The van der Waals surface area contributed by atoms with E-state index in [2.05, 4.69) is 47.0 Å². The molecule has 0 aliphatic carbocycles. The van der Waals surface area contributed by atoms with Gasteiger partial charge in [-0.1, -0.05) is 44.5 Å². The van der Waals surface area contributed by atoms with Gasteiger partial charge < -0.3 is 5.32 Å². The average Bonchev–Trinajstić information content (AvgIpc) is 2.38. The third kappa shape index (κ3) is 2.96. The predicted octanol–water partition coefficient (Wildman–Crippen LogP) is 4.90. The van der Waals surface area contributed by atoms with Crippen molar-refractivity contribution in [3.63, 3.8) is 0 Å². The van der Waals surface area contributed by atoms with E-state index in [1.807, 2.05) is 31.3 Å². The van der Waals surface area contributed by atoms with E-state index in [0.717, 1.165) is 21.5 Å². The van der Waals surface area contributed by atoms with Gasteiger partial charge in [0, 0.05) is 18.0 Å². The number of rotatable bonds is 2. The summed E-state index contributed by atoms with van der Waals surface area (Å²) in [5, 5.41) is 3.75. The van der Waals surface area contributed by atoms with Gasteiger partial charge in [0.2, 0.25) is 0 Å². The maximum Gasteiger partial charge on any atom is 0.163 e. The van der Waals surface area contributed by atoms with Crippen LogP contribution in [0.25, 0.3) is 11.4 Å². The second kappa shape index (κ2) is 5.70. The lowest BCUT2D eigenvalue weighted by Gasteiger charge is -2.21. The standard InChI is InChI=1S/C15H17BrClN3/c1-15(2,3)12-11(16)14(18-4)20-13(19-12)9-7-5-6-8-10(9)17/h5-8H,1-4H3,(H,18,19,20). The van der Waals surface area contributed by atoms with E-state index >= 15 is 0 Å². The first-order valence-electron chi connectivity index (χ1n) is 6.35. The molecule has 0 bridgehead atoms. The molecule has 106 valence electrons. The normalized spacial score (nSPS) is 11.5. The second-order valence-electron chi connectivity index (χ2n) is 5.54. The lowest BCUT2D eigenvalue weighted by molar-refractivity contribution is 0.564. The van der Waals surface area contributed by atoms with Crippen LogP contribution in [0.5, 0.6) is 0 Å². The fourth-order valence-electron chi connectivity index (χ4n) is 1.87. The summed E-state index contributed by atoms with van der Waals surface area (Å²) in [6.07, 6.45) is 0. The van der Waals surface area contributed by atoms with Gasteiger partial charge >= 0.3 is 0 Å². The number of halogens is 2. The van der Waals surface area contributed by atoms with Crippen molar-refractivity contribution >= 4 is 33.3 Å². The molecule has 1 aromatic heterocycles.